The molecule has 1 heterocycles. The van der Waals surface area contributed by atoms with E-state index in [0.29, 0.717) is 32.8 Å². The lowest BCUT2D eigenvalue weighted by molar-refractivity contribution is -0.131. The third-order valence-electron chi connectivity index (χ3n) is 4.77. The predicted molar refractivity (Wildman–Crippen MR) is 102 cm³/mol. The average Bonchev–Trinajstić information content (AvgIpc) is 3.04. The van der Waals surface area contributed by atoms with Gasteiger partial charge >= 0.3 is 0 Å². The molecule has 1 atom stereocenters. The molecular formula is C22H27NO3. The third-order valence-corrected chi connectivity index (χ3v) is 4.77. The van der Waals surface area contributed by atoms with Crippen molar-refractivity contribution in [2.24, 2.45) is 0 Å². The molecule has 0 unspecified atom stereocenters. The first-order valence-corrected chi connectivity index (χ1v) is 9.37. The third kappa shape index (κ3) is 4.51. The Morgan fingerprint density at radius 3 is 2.12 bits per heavy atom. The second-order valence-corrected chi connectivity index (χ2v) is 6.49. The molecule has 1 aliphatic rings. The highest BCUT2D eigenvalue weighted by atomic mass is 16.5. The smallest absolute Gasteiger partial charge is 0.223 e. The summed E-state index contributed by atoms with van der Waals surface area (Å²) in [6, 6.07) is 20.5. The Morgan fingerprint density at radius 1 is 0.962 bits per heavy atom. The maximum atomic E-state index is 12.8. The Labute approximate surface area is 155 Å². The number of amides is 1. The van der Waals surface area contributed by atoms with Crippen molar-refractivity contribution in [2.75, 3.05) is 26.4 Å². The van der Waals surface area contributed by atoms with Crippen LogP contribution >= 0.6 is 0 Å². The largest absolute Gasteiger partial charge is 0.379 e. The zero-order chi connectivity index (χ0) is 18.2. The summed E-state index contributed by atoms with van der Waals surface area (Å²) in [7, 11) is 0. The number of hydrogen-bond donors (Lipinski definition) is 0. The molecule has 0 bridgehead atoms. The van der Waals surface area contributed by atoms with E-state index in [0.717, 1.165) is 17.5 Å². The summed E-state index contributed by atoms with van der Waals surface area (Å²) in [4.78, 5) is 14.8. The first-order valence-electron chi connectivity index (χ1n) is 9.37. The maximum Gasteiger partial charge on any atom is 0.223 e. The lowest BCUT2D eigenvalue weighted by atomic mass is 9.96. The summed E-state index contributed by atoms with van der Waals surface area (Å²) >= 11 is 0. The fourth-order valence-electron chi connectivity index (χ4n) is 3.55. The first kappa shape index (κ1) is 18.6. The monoisotopic (exact) mass is 353 g/mol. The number of ether oxygens (including phenoxy) is 2. The number of carbonyl (C=O) groups is 1. The van der Waals surface area contributed by atoms with E-state index in [1.165, 1.54) is 0 Å². The number of carbonyl (C=O) groups excluding carboxylic acids is 1. The van der Waals surface area contributed by atoms with Crippen molar-refractivity contribution in [1.29, 1.82) is 0 Å². The van der Waals surface area contributed by atoms with Gasteiger partial charge in [0.05, 0.1) is 31.9 Å². The molecule has 0 N–H and O–H groups in total. The van der Waals surface area contributed by atoms with Crippen LogP contribution in [0.15, 0.2) is 60.7 Å². The number of rotatable bonds is 9. The average molecular weight is 353 g/mol. The molecule has 26 heavy (non-hydrogen) atoms. The van der Waals surface area contributed by atoms with Crippen LogP contribution < -0.4 is 0 Å². The number of benzene rings is 2. The van der Waals surface area contributed by atoms with Gasteiger partial charge in [-0.05, 0) is 24.5 Å². The molecule has 0 radical (unpaired) electrons. The second-order valence-electron chi connectivity index (χ2n) is 6.49. The summed E-state index contributed by atoms with van der Waals surface area (Å²) in [5.74, 6) is 0.195. The van der Waals surface area contributed by atoms with E-state index >= 15 is 0 Å². The number of nitrogens with zero attached hydrogens (tertiary/aromatic N) is 1. The Morgan fingerprint density at radius 2 is 1.54 bits per heavy atom. The Hall–Kier alpha value is -2.17. The van der Waals surface area contributed by atoms with Gasteiger partial charge in [0, 0.05) is 13.0 Å². The molecule has 138 valence electrons. The SMILES string of the molecule is CCOCCOC[C@@H]1CCC(=O)N1C(c1ccccc1)c1ccccc1. The molecule has 1 fully saturated rings. The molecular weight excluding hydrogens is 326 g/mol. The van der Waals surface area contributed by atoms with Gasteiger partial charge in [0.1, 0.15) is 0 Å². The van der Waals surface area contributed by atoms with E-state index < -0.39 is 0 Å². The lowest BCUT2D eigenvalue weighted by Crippen LogP contribution is -2.40. The van der Waals surface area contributed by atoms with E-state index in [9.17, 15) is 4.79 Å². The van der Waals surface area contributed by atoms with Crippen molar-refractivity contribution in [3.63, 3.8) is 0 Å². The lowest BCUT2D eigenvalue weighted by Gasteiger charge is -2.34. The van der Waals surface area contributed by atoms with Gasteiger partial charge in [-0.25, -0.2) is 0 Å². The van der Waals surface area contributed by atoms with Gasteiger partial charge in [0.2, 0.25) is 5.91 Å². The van der Waals surface area contributed by atoms with E-state index in [-0.39, 0.29) is 18.0 Å². The molecule has 0 aliphatic carbocycles. The molecule has 4 nitrogen and oxygen atoms in total. The van der Waals surface area contributed by atoms with Crippen molar-refractivity contribution >= 4 is 5.91 Å². The highest BCUT2D eigenvalue weighted by Gasteiger charge is 2.37. The number of likely N-dealkylation sites (tertiary alicyclic amines) is 1. The Balaban J connectivity index is 1.80. The molecule has 2 aromatic carbocycles. The first-order chi connectivity index (χ1) is 12.8. The zero-order valence-corrected chi connectivity index (χ0v) is 15.3. The molecule has 1 amide bonds. The minimum atomic E-state index is -0.0760. The van der Waals surface area contributed by atoms with Crippen LogP contribution in [0.5, 0.6) is 0 Å². The standard InChI is InChI=1S/C22H27NO3/c1-2-25-15-16-26-17-20-13-14-21(24)23(20)22(18-9-5-3-6-10-18)19-11-7-4-8-12-19/h3-12,20,22H,2,13-17H2,1H3/t20-/m0/s1. The highest BCUT2D eigenvalue weighted by molar-refractivity contribution is 5.80. The molecule has 0 saturated carbocycles. The predicted octanol–water partition coefficient (Wildman–Crippen LogP) is 3.82. The van der Waals surface area contributed by atoms with E-state index in [2.05, 4.69) is 24.3 Å². The van der Waals surface area contributed by atoms with Crippen LogP contribution in [-0.4, -0.2) is 43.3 Å². The van der Waals surface area contributed by atoms with Gasteiger partial charge in [-0.3, -0.25) is 4.79 Å². The van der Waals surface area contributed by atoms with Crippen molar-refractivity contribution in [1.82, 2.24) is 4.90 Å². The van der Waals surface area contributed by atoms with Crippen molar-refractivity contribution < 1.29 is 14.3 Å². The van der Waals surface area contributed by atoms with Gasteiger partial charge in [-0.1, -0.05) is 60.7 Å². The fraction of sp³-hybridized carbons (Fsp3) is 0.409. The van der Waals surface area contributed by atoms with Crippen LogP contribution in [0.4, 0.5) is 0 Å². The minimum Gasteiger partial charge on any atom is -0.379 e. The van der Waals surface area contributed by atoms with Crippen molar-refractivity contribution in [3.05, 3.63) is 71.8 Å². The van der Waals surface area contributed by atoms with E-state index in [1.807, 2.05) is 48.2 Å². The summed E-state index contributed by atoms with van der Waals surface area (Å²) in [5.41, 5.74) is 2.27. The fourth-order valence-corrected chi connectivity index (χ4v) is 3.55. The summed E-state index contributed by atoms with van der Waals surface area (Å²) in [6.07, 6.45) is 1.42. The molecule has 1 aliphatic heterocycles. The molecule has 3 rings (SSSR count). The zero-order valence-electron chi connectivity index (χ0n) is 15.3. The van der Waals surface area contributed by atoms with Crippen molar-refractivity contribution in [3.8, 4) is 0 Å². The van der Waals surface area contributed by atoms with Crippen molar-refractivity contribution in [2.45, 2.75) is 31.8 Å². The topological polar surface area (TPSA) is 38.8 Å². The van der Waals surface area contributed by atoms with Gasteiger partial charge < -0.3 is 14.4 Å². The highest BCUT2D eigenvalue weighted by Crippen LogP contribution is 2.35. The molecule has 4 heteroatoms. The van der Waals surface area contributed by atoms with Crippen LogP contribution in [0.1, 0.15) is 36.9 Å². The summed E-state index contributed by atoms with van der Waals surface area (Å²) in [6.45, 7) is 4.38. The van der Waals surface area contributed by atoms with E-state index in [1.54, 1.807) is 0 Å². The summed E-state index contributed by atoms with van der Waals surface area (Å²) in [5, 5.41) is 0. The van der Waals surface area contributed by atoms with Crippen LogP contribution in [0, 0.1) is 0 Å². The van der Waals surface area contributed by atoms with Gasteiger partial charge in [-0.2, -0.15) is 0 Å². The maximum absolute atomic E-state index is 12.8. The quantitative estimate of drug-likeness (QED) is 0.643. The van der Waals surface area contributed by atoms with Gasteiger partial charge in [0.25, 0.3) is 0 Å². The van der Waals surface area contributed by atoms with Gasteiger partial charge in [0.15, 0.2) is 0 Å². The molecule has 0 aromatic heterocycles. The summed E-state index contributed by atoms with van der Waals surface area (Å²) < 4.78 is 11.1. The van der Waals surface area contributed by atoms with Crippen LogP contribution in [-0.2, 0) is 14.3 Å². The Bertz CT molecular complexity index is 635. The molecule has 1 saturated heterocycles. The Kier molecular flexibility index (Phi) is 6.81. The van der Waals surface area contributed by atoms with Crippen LogP contribution in [0.3, 0.4) is 0 Å². The molecule has 2 aromatic rings. The second kappa shape index (κ2) is 9.51. The van der Waals surface area contributed by atoms with Crippen LogP contribution in [0.2, 0.25) is 0 Å². The molecule has 0 spiro atoms. The van der Waals surface area contributed by atoms with Gasteiger partial charge in [-0.15, -0.1) is 0 Å². The van der Waals surface area contributed by atoms with Crippen LogP contribution in [0.25, 0.3) is 0 Å². The number of hydrogen-bond acceptors (Lipinski definition) is 3. The normalized spacial score (nSPS) is 17.2. The van der Waals surface area contributed by atoms with E-state index in [4.69, 9.17) is 9.47 Å². The minimum absolute atomic E-state index is 0.0760.